The van der Waals surface area contributed by atoms with Crippen LogP contribution in [0.15, 0.2) is 41.3 Å². The van der Waals surface area contributed by atoms with Gasteiger partial charge >= 0.3 is 0 Å². The quantitative estimate of drug-likeness (QED) is 0.650. The number of benzene rings is 2. The number of unbranched alkanes of at least 4 members (excludes halogenated alkanes) is 1. The lowest BCUT2D eigenvalue weighted by Crippen LogP contribution is -2.25. The van der Waals surface area contributed by atoms with E-state index in [1.54, 1.807) is 36.4 Å². The predicted molar refractivity (Wildman–Crippen MR) is 78.4 cm³/mol. The lowest BCUT2D eigenvalue weighted by Gasteiger charge is -2.10. The Morgan fingerprint density at radius 3 is 2.60 bits per heavy atom. The number of nitriles is 1. The number of nitrogens with one attached hydrogen (secondary N) is 1. The van der Waals surface area contributed by atoms with Crippen LogP contribution in [0.3, 0.4) is 0 Å². The highest BCUT2D eigenvalue weighted by Crippen LogP contribution is 2.26. The molecule has 5 nitrogen and oxygen atoms in total. The molecule has 0 unspecified atom stereocenters. The highest BCUT2D eigenvalue weighted by Gasteiger charge is 2.16. The Balaban J connectivity index is 2.37. The van der Waals surface area contributed by atoms with Crippen molar-refractivity contribution in [2.24, 2.45) is 0 Å². The minimum Gasteiger partial charge on any atom is -0.398 e. The summed E-state index contributed by atoms with van der Waals surface area (Å²) in [6.07, 6.45) is 0.813. The molecule has 104 valence electrons. The Kier molecular flexibility index (Phi) is 4.23. The summed E-state index contributed by atoms with van der Waals surface area (Å²) in [4.78, 5) is 0.208. The molecule has 0 aromatic heterocycles. The first-order valence-electron chi connectivity index (χ1n) is 6.20. The summed E-state index contributed by atoms with van der Waals surface area (Å²) in [6, 6.07) is 12.2. The number of anilines is 1. The average molecular weight is 289 g/mol. The molecule has 0 radical (unpaired) electrons. The summed E-state index contributed by atoms with van der Waals surface area (Å²) in [6.45, 7) is 0.245. The summed E-state index contributed by atoms with van der Waals surface area (Å²) >= 11 is 0. The summed E-state index contributed by atoms with van der Waals surface area (Å²) in [7, 11) is -3.60. The molecule has 2 aromatic carbocycles. The van der Waals surface area contributed by atoms with E-state index in [0.717, 1.165) is 0 Å². The van der Waals surface area contributed by atoms with Crippen molar-refractivity contribution in [3.8, 4) is 6.07 Å². The van der Waals surface area contributed by atoms with Crippen molar-refractivity contribution in [2.45, 2.75) is 17.7 Å². The monoisotopic (exact) mass is 289 g/mol. The molecule has 2 aromatic rings. The molecule has 0 fully saturated rings. The molecule has 0 amide bonds. The van der Waals surface area contributed by atoms with Crippen LogP contribution in [-0.2, 0) is 10.0 Å². The molecular weight excluding hydrogens is 274 g/mol. The normalized spacial score (nSPS) is 11.3. The van der Waals surface area contributed by atoms with Gasteiger partial charge in [0.1, 0.15) is 0 Å². The van der Waals surface area contributed by atoms with Crippen LogP contribution >= 0.6 is 0 Å². The molecule has 6 heteroatoms. The van der Waals surface area contributed by atoms with Gasteiger partial charge in [-0.1, -0.05) is 24.3 Å². The third kappa shape index (κ3) is 2.90. The number of hydrogen-bond acceptors (Lipinski definition) is 4. The van der Waals surface area contributed by atoms with Crippen LogP contribution in [0.2, 0.25) is 0 Å². The number of nitrogens with two attached hydrogens (primary N) is 1. The SMILES string of the molecule is N#CCCCNS(=O)(=O)c1cccc2c(N)cccc12. The summed E-state index contributed by atoms with van der Waals surface area (Å²) < 4.78 is 27.1. The highest BCUT2D eigenvalue weighted by atomic mass is 32.2. The molecule has 20 heavy (non-hydrogen) atoms. The number of fused-ring (bicyclic) bond motifs is 1. The van der Waals surface area contributed by atoms with Crippen LogP contribution in [-0.4, -0.2) is 15.0 Å². The van der Waals surface area contributed by atoms with Crippen LogP contribution in [0.4, 0.5) is 5.69 Å². The van der Waals surface area contributed by atoms with E-state index >= 15 is 0 Å². The third-order valence-corrected chi connectivity index (χ3v) is 4.48. The molecular formula is C14H15N3O2S. The number of nitrogens with zero attached hydrogens (tertiary/aromatic N) is 1. The highest BCUT2D eigenvalue weighted by molar-refractivity contribution is 7.89. The number of sulfonamides is 1. The maximum absolute atomic E-state index is 12.3. The number of rotatable bonds is 5. The van der Waals surface area contributed by atoms with E-state index in [1.165, 1.54) is 0 Å². The first-order chi connectivity index (χ1) is 9.56. The Labute approximate surface area is 118 Å². The van der Waals surface area contributed by atoms with Gasteiger partial charge in [0, 0.05) is 29.4 Å². The standard InChI is InChI=1S/C14H15N3O2S/c15-9-1-2-10-17-20(18,19)14-8-4-5-11-12(14)6-3-7-13(11)16/h3-8,17H,1-2,10,16H2. The van der Waals surface area contributed by atoms with E-state index in [1.807, 2.05) is 6.07 Å². The Morgan fingerprint density at radius 1 is 1.15 bits per heavy atom. The largest absolute Gasteiger partial charge is 0.398 e. The minimum atomic E-state index is -3.60. The second-order valence-corrected chi connectivity index (χ2v) is 6.09. The van der Waals surface area contributed by atoms with Crippen LogP contribution in [0.5, 0.6) is 0 Å². The second-order valence-electron chi connectivity index (χ2n) is 4.36. The summed E-state index contributed by atoms with van der Waals surface area (Å²) in [5.74, 6) is 0. The van der Waals surface area contributed by atoms with Gasteiger partial charge in [0.15, 0.2) is 0 Å². The molecule has 2 rings (SSSR count). The van der Waals surface area contributed by atoms with Crippen molar-refractivity contribution in [3.63, 3.8) is 0 Å². The van der Waals surface area contributed by atoms with Gasteiger partial charge in [0.05, 0.1) is 11.0 Å². The third-order valence-electron chi connectivity index (χ3n) is 2.96. The zero-order valence-electron chi connectivity index (χ0n) is 10.8. The molecule has 0 spiro atoms. The molecule has 0 aliphatic heterocycles. The average Bonchev–Trinajstić information content (AvgIpc) is 2.43. The molecule has 0 saturated carbocycles. The number of nitrogen functional groups attached to an aromatic ring is 1. The van der Waals surface area contributed by atoms with Crippen LogP contribution in [0.1, 0.15) is 12.8 Å². The molecule has 3 N–H and O–H groups in total. The maximum atomic E-state index is 12.3. The molecule has 0 heterocycles. The predicted octanol–water partition coefficient (Wildman–Crippen LogP) is 2.00. The van der Waals surface area contributed by atoms with Crippen LogP contribution in [0, 0.1) is 11.3 Å². The summed E-state index contributed by atoms with van der Waals surface area (Å²) in [5, 5.41) is 9.76. The molecule has 0 saturated heterocycles. The van der Waals surface area contributed by atoms with E-state index in [4.69, 9.17) is 11.0 Å². The lowest BCUT2D eigenvalue weighted by atomic mass is 10.1. The Hall–Kier alpha value is -2.10. The van der Waals surface area contributed by atoms with Gasteiger partial charge in [-0.2, -0.15) is 5.26 Å². The van der Waals surface area contributed by atoms with Crippen molar-refractivity contribution < 1.29 is 8.42 Å². The van der Waals surface area contributed by atoms with Crippen molar-refractivity contribution >= 4 is 26.5 Å². The van der Waals surface area contributed by atoms with Crippen molar-refractivity contribution in [1.82, 2.24) is 4.72 Å². The fourth-order valence-corrected chi connectivity index (χ4v) is 3.29. The maximum Gasteiger partial charge on any atom is 0.241 e. The van der Waals surface area contributed by atoms with E-state index in [-0.39, 0.29) is 11.4 Å². The molecule has 0 atom stereocenters. The van der Waals surface area contributed by atoms with Gasteiger partial charge in [-0.05, 0) is 18.6 Å². The smallest absolute Gasteiger partial charge is 0.241 e. The van der Waals surface area contributed by atoms with Crippen molar-refractivity contribution in [2.75, 3.05) is 12.3 Å². The van der Waals surface area contributed by atoms with Crippen molar-refractivity contribution in [1.29, 1.82) is 5.26 Å². The van der Waals surface area contributed by atoms with Crippen LogP contribution < -0.4 is 10.5 Å². The fourth-order valence-electron chi connectivity index (χ4n) is 1.99. The van der Waals surface area contributed by atoms with E-state index < -0.39 is 10.0 Å². The second kappa shape index (κ2) is 5.90. The van der Waals surface area contributed by atoms with Crippen LogP contribution in [0.25, 0.3) is 10.8 Å². The molecule has 0 bridgehead atoms. The Bertz CT molecular complexity index is 764. The van der Waals surface area contributed by atoms with E-state index in [2.05, 4.69) is 4.72 Å². The number of hydrogen-bond donors (Lipinski definition) is 2. The van der Waals surface area contributed by atoms with E-state index in [9.17, 15) is 8.42 Å². The van der Waals surface area contributed by atoms with Gasteiger partial charge < -0.3 is 5.73 Å². The first kappa shape index (κ1) is 14.3. The van der Waals surface area contributed by atoms with Gasteiger partial charge in [0.2, 0.25) is 10.0 Å². The lowest BCUT2D eigenvalue weighted by molar-refractivity contribution is 0.580. The van der Waals surface area contributed by atoms with Gasteiger partial charge in [0.25, 0.3) is 0 Å². The fraction of sp³-hybridized carbons (Fsp3) is 0.214. The van der Waals surface area contributed by atoms with Gasteiger partial charge in [-0.15, -0.1) is 0 Å². The molecule has 0 aliphatic rings. The van der Waals surface area contributed by atoms with Gasteiger partial charge in [-0.3, -0.25) is 0 Å². The van der Waals surface area contributed by atoms with Crippen molar-refractivity contribution in [3.05, 3.63) is 36.4 Å². The summed E-state index contributed by atoms with van der Waals surface area (Å²) in [5.41, 5.74) is 6.40. The minimum absolute atomic E-state index is 0.208. The molecule has 0 aliphatic carbocycles. The zero-order valence-corrected chi connectivity index (χ0v) is 11.7. The van der Waals surface area contributed by atoms with Gasteiger partial charge in [-0.25, -0.2) is 13.1 Å². The zero-order chi connectivity index (χ0) is 14.6. The Morgan fingerprint density at radius 2 is 1.85 bits per heavy atom. The first-order valence-corrected chi connectivity index (χ1v) is 7.68. The van der Waals surface area contributed by atoms with E-state index in [0.29, 0.717) is 29.3 Å². The topological polar surface area (TPSA) is 96.0 Å².